The Morgan fingerprint density at radius 2 is 1.89 bits per heavy atom. The van der Waals surface area contributed by atoms with E-state index >= 15 is 0 Å². The highest BCUT2D eigenvalue weighted by atomic mass is 32.2. The fraction of sp³-hybridized carbons (Fsp3) is 0.500. The second kappa shape index (κ2) is 5.36. The van der Waals surface area contributed by atoms with Crippen molar-refractivity contribution in [1.29, 1.82) is 0 Å². The molecule has 1 aromatic rings. The van der Waals surface area contributed by atoms with Gasteiger partial charge in [-0.25, -0.2) is 13.4 Å². The zero-order valence-corrected chi connectivity index (χ0v) is 11.5. The van der Waals surface area contributed by atoms with Gasteiger partial charge in [0.1, 0.15) is 0 Å². The fourth-order valence-electron chi connectivity index (χ4n) is 1.89. The first kappa shape index (κ1) is 13.5. The average Bonchev–Trinajstić information content (AvgIpc) is 2.33. The van der Waals surface area contributed by atoms with Gasteiger partial charge in [-0.3, -0.25) is 0 Å². The first-order valence-electron chi connectivity index (χ1n) is 5.92. The Morgan fingerprint density at radius 3 is 2.56 bits per heavy atom. The van der Waals surface area contributed by atoms with Gasteiger partial charge < -0.3 is 4.74 Å². The van der Waals surface area contributed by atoms with Crippen LogP contribution in [0.15, 0.2) is 23.1 Å². The minimum Gasteiger partial charge on any atom is -0.379 e. The van der Waals surface area contributed by atoms with Gasteiger partial charge in [-0.15, -0.1) is 4.83 Å². The van der Waals surface area contributed by atoms with E-state index in [0.29, 0.717) is 31.2 Å². The van der Waals surface area contributed by atoms with Crippen molar-refractivity contribution in [2.45, 2.75) is 18.7 Å². The number of hydrogen-bond acceptors (Lipinski definition) is 4. The van der Waals surface area contributed by atoms with Crippen molar-refractivity contribution in [2.24, 2.45) is 0 Å². The lowest BCUT2D eigenvalue weighted by molar-refractivity contribution is 0.0272. The first-order valence-corrected chi connectivity index (χ1v) is 7.40. The molecule has 1 aliphatic heterocycles. The van der Waals surface area contributed by atoms with Crippen molar-refractivity contribution in [1.82, 2.24) is 9.84 Å². The van der Waals surface area contributed by atoms with Crippen LogP contribution in [0, 0.1) is 13.8 Å². The molecule has 1 aliphatic rings. The summed E-state index contributed by atoms with van der Waals surface area (Å²) in [7, 11) is -3.49. The Bertz CT molecular complexity index is 522. The monoisotopic (exact) mass is 270 g/mol. The third-order valence-electron chi connectivity index (χ3n) is 3.10. The maximum Gasteiger partial charge on any atom is 0.253 e. The van der Waals surface area contributed by atoms with Crippen molar-refractivity contribution in [3.63, 3.8) is 0 Å². The number of ether oxygens (including phenoxy) is 1. The van der Waals surface area contributed by atoms with E-state index in [1.165, 1.54) is 0 Å². The Hall–Kier alpha value is -0.950. The van der Waals surface area contributed by atoms with Crippen LogP contribution in [0.1, 0.15) is 11.1 Å². The van der Waals surface area contributed by atoms with E-state index < -0.39 is 10.0 Å². The molecule has 1 heterocycles. The number of aryl methyl sites for hydroxylation is 1. The molecular formula is C12H18N2O3S. The van der Waals surface area contributed by atoms with Crippen molar-refractivity contribution < 1.29 is 13.2 Å². The highest BCUT2D eigenvalue weighted by molar-refractivity contribution is 7.89. The van der Waals surface area contributed by atoms with Crippen molar-refractivity contribution in [3.8, 4) is 0 Å². The molecule has 6 heteroatoms. The summed E-state index contributed by atoms with van der Waals surface area (Å²) in [6.45, 7) is 5.98. The molecule has 0 unspecified atom stereocenters. The summed E-state index contributed by atoms with van der Waals surface area (Å²) < 4.78 is 29.7. The summed E-state index contributed by atoms with van der Waals surface area (Å²) in [6, 6.07) is 5.30. The summed E-state index contributed by atoms with van der Waals surface area (Å²) in [5.74, 6) is 0. The maximum absolute atomic E-state index is 12.3. The van der Waals surface area contributed by atoms with Crippen molar-refractivity contribution >= 4 is 10.0 Å². The highest BCUT2D eigenvalue weighted by Gasteiger charge is 2.21. The highest BCUT2D eigenvalue weighted by Crippen LogP contribution is 2.18. The van der Waals surface area contributed by atoms with Gasteiger partial charge in [0.15, 0.2) is 0 Å². The predicted octanol–water partition coefficient (Wildman–Crippen LogP) is 0.829. The maximum atomic E-state index is 12.3. The summed E-state index contributed by atoms with van der Waals surface area (Å²) in [4.78, 5) is 2.95. The normalized spacial score (nSPS) is 17.9. The molecule has 0 amide bonds. The molecule has 0 aromatic heterocycles. The molecule has 0 spiro atoms. The van der Waals surface area contributed by atoms with Crippen molar-refractivity contribution in [3.05, 3.63) is 29.3 Å². The van der Waals surface area contributed by atoms with Gasteiger partial charge in [-0.05, 0) is 31.0 Å². The number of sulfonamides is 1. The molecule has 0 radical (unpaired) electrons. The van der Waals surface area contributed by atoms with E-state index in [1.54, 1.807) is 17.1 Å². The number of hydrogen-bond donors (Lipinski definition) is 1. The largest absolute Gasteiger partial charge is 0.379 e. The van der Waals surface area contributed by atoms with Crippen LogP contribution in [-0.4, -0.2) is 39.7 Å². The van der Waals surface area contributed by atoms with Crippen LogP contribution in [0.2, 0.25) is 0 Å². The van der Waals surface area contributed by atoms with Gasteiger partial charge in [0.05, 0.1) is 18.1 Å². The number of hydrazine groups is 1. The molecule has 1 aromatic carbocycles. The molecule has 18 heavy (non-hydrogen) atoms. The number of morpholine rings is 1. The molecule has 0 bridgehead atoms. The van der Waals surface area contributed by atoms with Gasteiger partial charge in [-0.1, -0.05) is 12.1 Å². The predicted molar refractivity (Wildman–Crippen MR) is 68.6 cm³/mol. The SMILES string of the molecule is Cc1cccc(S(=O)(=O)NN2CCOCC2)c1C. The Morgan fingerprint density at radius 1 is 1.22 bits per heavy atom. The Kier molecular flexibility index (Phi) is 4.01. The van der Waals surface area contributed by atoms with Crippen LogP contribution in [0.3, 0.4) is 0 Å². The molecule has 0 aliphatic carbocycles. The van der Waals surface area contributed by atoms with E-state index in [9.17, 15) is 8.42 Å². The topological polar surface area (TPSA) is 58.6 Å². The quantitative estimate of drug-likeness (QED) is 0.884. The minimum atomic E-state index is -3.49. The third-order valence-corrected chi connectivity index (χ3v) is 4.62. The van der Waals surface area contributed by atoms with Crippen LogP contribution in [0.25, 0.3) is 0 Å². The molecule has 2 rings (SSSR count). The number of nitrogens with zero attached hydrogens (tertiary/aromatic N) is 1. The summed E-state index contributed by atoms with van der Waals surface area (Å²) >= 11 is 0. The van der Waals surface area contributed by atoms with Gasteiger partial charge in [0.2, 0.25) is 0 Å². The molecule has 5 nitrogen and oxygen atoms in total. The van der Waals surface area contributed by atoms with Gasteiger partial charge in [0, 0.05) is 13.1 Å². The number of benzene rings is 1. The van der Waals surface area contributed by atoms with Crippen molar-refractivity contribution in [2.75, 3.05) is 26.3 Å². The molecule has 1 fully saturated rings. The number of rotatable bonds is 3. The van der Waals surface area contributed by atoms with Crippen LogP contribution >= 0.6 is 0 Å². The van der Waals surface area contributed by atoms with Gasteiger partial charge in [0.25, 0.3) is 10.0 Å². The van der Waals surface area contributed by atoms with Gasteiger partial charge >= 0.3 is 0 Å². The first-order chi connectivity index (χ1) is 8.50. The molecule has 100 valence electrons. The summed E-state index contributed by atoms with van der Waals surface area (Å²) in [6.07, 6.45) is 0. The zero-order chi connectivity index (χ0) is 13.2. The Labute approximate surface area is 108 Å². The molecule has 0 saturated carbocycles. The van der Waals surface area contributed by atoms with E-state index in [4.69, 9.17) is 4.74 Å². The van der Waals surface area contributed by atoms with Crippen LogP contribution in [-0.2, 0) is 14.8 Å². The smallest absolute Gasteiger partial charge is 0.253 e. The van der Waals surface area contributed by atoms with Crippen LogP contribution in [0.4, 0.5) is 0 Å². The second-order valence-corrected chi connectivity index (χ2v) is 6.02. The zero-order valence-electron chi connectivity index (χ0n) is 10.6. The standard InChI is InChI=1S/C12H18N2O3S/c1-10-4-3-5-12(11(10)2)18(15,16)13-14-6-8-17-9-7-14/h3-5,13H,6-9H2,1-2H3. The second-order valence-electron chi connectivity index (χ2n) is 4.39. The molecule has 1 saturated heterocycles. The van der Waals surface area contributed by atoms with Gasteiger partial charge in [-0.2, -0.15) is 0 Å². The van der Waals surface area contributed by atoms with E-state index in [2.05, 4.69) is 4.83 Å². The average molecular weight is 270 g/mol. The Balaban J connectivity index is 2.22. The lowest BCUT2D eigenvalue weighted by Gasteiger charge is -2.27. The summed E-state index contributed by atoms with van der Waals surface area (Å²) in [5, 5.41) is 1.68. The third kappa shape index (κ3) is 2.89. The van der Waals surface area contributed by atoms with E-state index in [-0.39, 0.29) is 0 Å². The minimum absolute atomic E-state index is 0.342. The van der Waals surface area contributed by atoms with Crippen LogP contribution < -0.4 is 4.83 Å². The lowest BCUT2D eigenvalue weighted by Crippen LogP contribution is -2.48. The molecule has 0 atom stereocenters. The van der Waals surface area contributed by atoms with E-state index in [1.807, 2.05) is 19.9 Å². The summed E-state index contributed by atoms with van der Waals surface area (Å²) in [5.41, 5.74) is 1.76. The number of nitrogens with one attached hydrogen (secondary N) is 1. The molecular weight excluding hydrogens is 252 g/mol. The molecule has 1 N–H and O–H groups in total. The van der Waals surface area contributed by atoms with E-state index in [0.717, 1.165) is 11.1 Å². The van der Waals surface area contributed by atoms with Crippen LogP contribution in [0.5, 0.6) is 0 Å². The lowest BCUT2D eigenvalue weighted by atomic mass is 10.1. The fourth-order valence-corrected chi connectivity index (χ4v) is 3.33.